The minimum absolute atomic E-state index is 0.191. The van der Waals surface area contributed by atoms with Gasteiger partial charge in [-0.1, -0.05) is 51.8 Å². The molecule has 1 aliphatic rings. The minimum atomic E-state index is 0.191. The maximum Gasteiger partial charge on any atom is 0.156 e. The van der Waals surface area contributed by atoms with Crippen LogP contribution in [-0.2, 0) is 4.79 Å². The summed E-state index contributed by atoms with van der Waals surface area (Å²) in [5.41, 5.74) is 3.39. The Bertz CT molecular complexity index is 703. The fourth-order valence-electron chi connectivity index (χ4n) is 2.75. The van der Waals surface area contributed by atoms with E-state index in [2.05, 4.69) is 22.0 Å². The fraction of sp³-hybridized carbons (Fsp3) is 0.167. The van der Waals surface area contributed by atoms with Gasteiger partial charge in [-0.2, -0.15) is 0 Å². The number of benzene rings is 2. The number of ketones is 1. The van der Waals surface area contributed by atoms with E-state index in [1.54, 1.807) is 6.08 Å². The van der Waals surface area contributed by atoms with Crippen molar-refractivity contribution in [3.8, 4) is 0 Å². The van der Waals surface area contributed by atoms with Crippen LogP contribution < -0.4 is 0 Å². The van der Waals surface area contributed by atoms with Crippen LogP contribution in [0.15, 0.2) is 59.1 Å². The molecule has 1 aliphatic carbocycles. The molecule has 0 fully saturated rings. The third kappa shape index (κ3) is 3.45. The molecule has 0 bridgehead atoms. The molecule has 0 aromatic heterocycles. The summed E-state index contributed by atoms with van der Waals surface area (Å²) in [5, 5.41) is 0.726. The SMILES string of the molecule is O=C1C=C(c2cccc(Br)c2)C[C@@H](c2ccc(Cl)cc2)C1. The van der Waals surface area contributed by atoms with Crippen molar-refractivity contribution < 1.29 is 4.79 Å². The molecule has 3 rings (SSSR count). The Morgan fingerprint density at radius 2 is 1.81 bits per heavy atom. The molecule has 0 saturated carbocycles. The highest BCUT2D eigenvalue weighted by molar-refractivity contribution is 9.10. The molecular formula is C18H14BrClO. The van der Waals surface area contributed by atoms with Crippen LogP contribution in [0.1, 0.15) is 29.9 Å². The highest BCUT2D eigenvalue weighted by atomic mass is 79.9. The first-order chi connectivity index (χ1) is 10.1. The van der Waals surface area contributed by atoms with Gasteiger partial charge in [-0.15, -0.1) is 0 Å². The highest BCUT2D eigenvalue weighted by Crippen LogP contribution is 2.36. The van der Waals surface area contributed by atoms with Crippen LogP contribution in [0.25, 0.3) is 5.57 Å². The molecule has 2 aromatic rings. The zero-order valence-corrected chi connectivity index (χ0v) is 13.7. The molecule has 2 aromatic carbocycles. The van der Waals surface area contributed by atoms with Crippen LogP contribution in [0.4, 0.5) is 0 Å². The van der Waals surface area contributed by atoms with Crippen LogP contribution in [0.5, 0.6) is 0 Å². The highest BCUT2D eigenvalue weighted by Gasteiger charge is 2.23. The minimum Gasteiger partial charge on any atom is -0.295 e. The Kier molecular flexibility index (Phi) is 4.27. The number of rotatable bonds is 2. The van der Waals surface area contributed by atoms with Gasteiger partial charge in [-0.05, 0) is 59.4 Å². The van der Waals surface area contributed by atoms with Gasteiger partial charge in [0.05, 0.1) is 0 Å². The van der Waals surface area contributed by atoms with Crippen molar-refractivity contribution in [2.45, 2.75) is 18.8 Å². The molecule has 0 radical (unpaired) electrons. The standard InChI is InChI=1S/C18H14BrClO/c19-16-3-1-2-13(9-16)15-8-14(10-18(21)11-15)12-4-6-17(20)7-5-12/h1-7,9,11,14H,8,10H2/t14-/m1/s1. The molecule has 0 saturated heterocycles. The van der Waals surface area contributed by atoms with Crippen LogP contribution in [0.2, 0.25) is 5.02 Å². The van der Waals surface area contributed by atoms with Crippen molar-refractivity contribution in [3.05, 3.63) is 75.2 Å². The topological polar surface area (TPSA) is 17.1 Å². The van der Waals surface area contributed by atoms with Crippen LogP contribution in [-0.4, -0.2) is 5.78 Å². The molecule has 1 atom stereocenters. The van der Waals surface area contributed by atoms with Crippen LogP contribution in [0, 0.1) is 0 Å². The lowest BCUT2D eigenvalue weighted by atomic mass is 9.81. The summed E-state index contributed by atoms with van der Waals surface area (Å²) < 4.78 is 1.03. The smallest absolute Gasteiger partial charge is 0.156 e. The maximum absolute atomic E-state index is 12.1. The summed E-state index contributed by atoms with van der Waals surface area (Å²) >= 11 is 9.42. The number of carbonyl (C=O) groups is 1. The monoisotopic (exact) mass is 360 g/mol. The van der Waals surface area contributed by atoms with E-state index in [9.17, 15) is 4.79 Å². The van der Waals surface area contributed by atoms with E-state index in [-0.39, 0.29) is 11.7 Å². The van der Waals surface area contributed by atoms with Gasteiger partial charge >= 0.3 is 0 Å². The molecule has 0 heterocycles. The van der Waals surface area contributed by atoms with Gasteiger partial charge < -0.3 is 0 Å². The Labute approximate surface area is 137 Å². The molecule has 106 valence electrons. The second-order valence-electron chi connectivity index (χ2n) is 5.30. The fourth-order valence-corrected chi connectivity index (χ4v) is 3.28. The molecule has 0 unspecified atom stereocenters. The summed E-state index contributed by atoms with van der Waals surface area (Å²) in [7, 11) is 0. The molecule has 0 amide bonds. The van der Waals surface area contributed by atoms with E-state index in [1.165, 1.54) is 5.56 Å². The predicted molar refractivity (Wildman–Crippen MR) is 90.6 cm³/mol. The lowest BCUT2D eigenvalue weighted by Crippen LogP contribution is -2.12. The number of halogens is 2. The maximum atomic E-state index is 12.1. The summed E-state index contributed by atoms with van der Waals surface area (Å²) in [6.07, 6.45) is 3.23. The van der Waals surface area contributed by atoms with E-state index >= 15 is 0 Å². The largest absolute Gasteiger partial charge is 0.295 e. The number of hydrogen-bond donors (Lipinski definition) is 0. The van der Waals surface area contributed by atoms with Gasteiger partial charge in [0.1, 0.15) is 0 Å². The molecule has 3 heteroatoms. The van der Waals surface area contributed by atoms with Crippen molar-refractivity contribution in [2.24, 2.45) is 0 Å². The van der Waals surface area contributed by atoms with E-state index in [4.69, 9.17) is 11.6 Å². The third-order valence-electron chi connectivity index (χ3n) is 3.79. The second kappa shape index (κ2) is 6.17. The average Bonchev–Trinajstić information content (AvgIpc) is 2.47. The van der Waals surface area contributed by atoms with Crippen molar-refractivity contribution in [2.75, 3.05) is 0 Å². The Morgan fingerprint density at radius 3 is 2.52 bits per heavy atom. The Hall–Kier alpha value is -1.38. The predicted octanol–water partition coefficient (Wildman–Crippen LogP) is 5.63. The average molecular weight is 362 g/mol. The van der Waals surface area contributed by atoms with Gasteiger partial charge in [0.15, 0.2) is 5.78 Å². The summed E-state index contributed by atoms with van der Waals surface area (Å²) in [6, 6.07) is 15.9. The van der Waals surface area contributed by atoms with Crippen molar-refractivity contribution in [3.63, 3.8) is 0 Å². The van der Waals surface area contributed by atoms with Gasteiger partial charge in [-0.3, -0.25) is 4.79 Å². The summed E-state index contributed by atoms with van der Waals surface area (Å²) in [4.78, 5) is 12.1. The van der Waals surface area contributed by atoms with Gasteiger partial charge in [-0.25, -0.2) is 0 Å². The van der Waals surface area contributed by atoms with E-state index in [0.717, 1.165) is 27.1 Å². The molecule has 1 nitrogen and oxygen atoms in total. The first-order valence-corrected chi connectivity index (χ1v) is 8.04. The van der Waals surface area contributed by atoms with Crippen LogP contribution >= 0.6 is 27.5 Å². The Balaban J connectivity index is 1.90. The first kappa shape index (κ1) is 14.6. The normalized spacial score (nSPS) is 18.5. The zero-order valence-electron chi connectivity index (χ0n) is 11.4. The lowest BCUT2D eigenvalue weighted by molar-refractivity contribution is -0.115. The molecule has 0 spiro atoms. The third-order valence-corrected chi connectivity index (χ3v) is 4.53. The van der Waals surface area contributed by atoms with Crippen molar-refractivity contribution in [1.82, 2.24) is 0 Å². The first-order valence-electron chi connectivity index (χ1n) is 6.86. The number of allylic oxidation sites excluding steroid dienone is 2. The molecule has 0 aliphatic heterocycles. The molecule has 21 heavy (non-hydrogen) atoms. The second-order valence-corrected chi connectivity index (χ2v) is 6.66. The van der Waals surface area contributed by atoms with E-state index in [0.29, 0.717) is 6.42 Å². The zero-order chi connectivity index (χ0) is 14.8. The van der Waals surface area contributed by atoms with Crippen molar-refractivity contribution >= 4 is 38.9 Å². The number of hydrogen-bond acceptors (Lipinski definition) is 1. The summed E-state index contributed by atoms with van der Waals surface area (Å²) in [6.45, 7) is 0. The van der Waals surface area contributed by atoms with Gasteiger partial charge in [0.2, 0.25) is 0 Å². The quantitative estimate of drug-likeness (QED) is 0.677. The molecular weight excluding hydrogens is 348 g/mol. The van der Waals surface area contributed by atoms with E-state index in [1.807, 2.05) is 42.5 Å². The Morgan fingerprint density at radius 1 is 1.05 bits per heavy atom. The van der Waals surface area contributed by atoms with E-state index < -0.39 is 0 Å². The molecule has 0 N–H and O–H groups in total. The number of carbonyl (C=O) groups excluding carboxylic acids is 1. The van der Waals surface area contributed by atoms with Gasteiger partial charge in [0, 0.05) is 15.9 Å². The van der Waals surface area contributed by atoms with Gasteiger partial charge in [0.25, 0.3) is 0 Å². The van der Waals surface area contributed by atoms with Crippen molar-refractivity contribution in [1.29, 1.82) is 0 Å². The summed E-state index contributed by atoms with van der Waals surface area (Å²) in [5.74, 6) is 0.421. The van der Waals surface area contributed by atoms with Crippen LogP contribution in [0.3, 0.4) is 0 Å². The lowest BCUT2D eigenvalue weighted by Gasteiger charge is -2.23.